The van der Waals surface area contributed by atoms with Crippen LogP contribution in [0.3, 0.4) is 0 Å². The molecule has 3 nitrogen and oxygen atoms in total. The summed E-state index contributed by atoms with van der Waals surface area (Å²) in [4.78, 5) is 4.74. The van der Waals surface area contributed by atoms with E-state index in [2.05, 4.69) is 16.7 Å². The average Bonchev–Trinajstić information content (AvgIpc) is 2.48. The largest absolute Gasteiger partial charge is 0.376 e. The Bertz CT molecular complexity index is 219. The molecule has 0 amide bonds. The third-order valence-electron chi connectivity index (χ3n) is 3.22. The van der Waals surface area contributed by atoms with Crippen LogP contribution in [0.2, 0.25) is 0 Å². The predicted octanol–water partition coefficient (Wildman–Crippen LogP) is 0.399. The van der Waals surface area contributed by atoms with E-state index in [0.29, 0.717) is 17.2 Å². The van der Waals surface area contributed by atoms with Crippen molar-refractivity contribution in [2.45, 2.75) is 31.8 Å². The van der Waals surface area contributed by atoms with Gasteiger partial charge in [-0.15, -0.1) is 0 Å². The first-order chi connectivity index (χ1) is 6.18. The molecule has 0 aromatic heterocycles. The van der Waals surface area contributed by atoms with E-state index in [0.717, 1.165) is 13.1 Å². The normalized spacial score (nSPS) is 34.7. The Morgan fingerprint density at radius 1 is 1.46 bits per heavy atom. The molecule has 2 unspecified atom stereocenters. The number of thiocarbonyl (C=S) groups is 1. The Morgan fingerprint density at radius 2 is 2.23 bits per heavy atom. The summed E-state index contributed by atoms with van der Waals surface area (Å²) in [5.74, 6) is 0. The standard InChI is InChI=1S/C9H17N3S/c1-7-5-11-4-2-3-8(11)6-12(7)9(10)13/h7-8H,2-6H2,1H3,(H2,10,13). The maximum absolute atomic E-state index is 5.68. The van der Waals surface area contributed by atoms with Crippen molar-refractivity contribution in [1.82, 2.24) is 9.80 Å². The molecule has 2 heterocycles. The molecule has 2 atom stereocenters. The molecule has 2 aliphatic rings. The zero-order valence-corrected chi connectivity index (χ0v) is 8.89. The van der Waals surface area contributed by atoms with Crippen molar-refractivity contribution >= 4 is 17.3 Å². The summed E-state index contributed by atoms with van der Waals surface area (Å²) in [6, 6.07) is 1.20. The Labute approximate surface area is 84.9 Å². The number of rotatable bonds is 0. The first-order valence-corrected chi connectivity index (χ1v) is 5.39. The monoisotopic (exact) mass is 199 g/mol. The van der Waals surface area contributed by atoms with E-state index >= 15 is 0 Å². The van der Waals surface area contributed by atoms with Crippen molar-refractivity contribution in [3.05, 3.63) is 0 Å². The summed E-state index contributed by atoms with van der Waals surface area (Å²) in [5, 5.41) is 0.569. The van der Waals surface area contributed by atoms with Gasteiger partial charge in [0.25, 0.3) is 0 Å². The van der Waals surface area contributed by atoms with Gasteiger partial charge in [-0.3, -0.25) is 4.90 Å². The van der Waals surface area contributed by atoms with E-state index in [-0.39, 0.29) is 0 Å². The predicted molar refractivity (Wildman–Crippen MR) is 57.5 cm³/mol. The lowest BCUT2D eigenvalue weighted by molar-refractivity contribution is 0.110. The van der Waals surface area contributed by atoms with Gasteiger partial charge in [-0.2, -0.15) is 0 Å². The molecule has 0 radical (unpaired) electrons. The molecule has 4 heteroatoms. The number of fused-ring (bicyclic) bond motifs is 1. The Morgan fingerprint density at radius 3 is 2.92 bits per heavy atom. The molecule has 74 valence electrons. The smallest absolute Gasteiger partial charge is 0.166 e. The van der Waals surface area contributed by atoms with Gasteiger partial charge in [0.05, 0.1) is 0 Å². The average molecular weight is 199 g/mol. The number of nitrogens with two attached hydrogens (primary N) is 1. The van der Waals surface area contributed by atoms with Gasteiger partial charge in [0.1, 0.15) is 0 Å². The number of nitrogens with zero attached hydrogens (tertiary/aromatic N) is 2. The highest BCUT2D eigenvalue weighted by Gasteiger charge is 2.34. The molecule has 0 spiro atoms. The molecule has 0 aromatic rings. The lowest BCUT2D eigenvalue weighted by Crippen LogP contribution is -2.57. The molecular formula is C9H17N3S. The zero-order chi connectivity index (χ0) is 9.42. The topological polar surface area (TPSA) is 32.5 Å². The van der Waals surface area contributed by atoms with E-state index < -0.39 is 0 Å². The first kappa shape index (κ1) is 9.21. The van der Waals surface area contributed by atoms with Crippen LogP contribution in [0.5, 0.6) is 0 Å². The summed E-state index contributed by atoms with van der Waals surface area (Å²) < 4.78 is 0. The Balaban J connectivity index is 2.05. The van der Waals surface area contributed by atoms with Crippen molar-refractivity contribution in [2.24, 2.45) is 5.73 Å². The summed E-state index contributed by atoms with van der Waals surface area (Å²) >= 11 is 5.04. The van der Waals surface area contributed by atoms with Crippen LogP contribution in [0.15, 0.2) is 0 Å². The molecule has 2 aliphatic heterocycles. The van der Waals surface area contributed by atoms with Crippen LogP contribution < -0.4 is 5.73 Å². The third-order valence-corrected chi connectivity index (χ3v) is 3.45. The van der Waals surface area contributed by atoms with Gasteiger partial charge in [-0.1, -0.05) is 0 Å². The molecule has 2 saturated heterocycles. The van der Waals surface area contributed by atoms with Crippen LogP contribution in [-0.2, 0) is 0 Å². The first-order valence-electron chi connectivity index (χ1n) is 4.98. The lowest BCUT2D eigenvalue weighted by atomic mass is 10.1. The van der Waals surface area contributed by atoms with Crippen LogP contribution in [0, 0.1) is 0 Å². The molecule has 0 saturated carbocycles. The minimum Gasteiger partial charge on any atom is -0.376 e. The van der Waals surface area contributed by atoms with Crippen molar-refractivity contribution in [3.63, 3.8) is 0 Å². The van der Waals surface area contributed by atoms with Gasteiger partial charge in [-0.25, -0.2) is 0 Å². The Hall–Kier alpha value is -0.350. The highest BCUT2D eigenvalue weighted by Crippen LogP contribution is 2.24. The van der Waals surface area contributed by atoms with Crippen LogP contribution in [0.1, 0.15) is 19.8 Å². The number of hydrogen-bond acceptors (Lipinski definition) is 2. The number of piperazine rings is 1. The van der Waals surface area contributed by atoms with E-state index in [9.17, 15) is 0 Å². The second-order valence-corrected chi connectivity index (χ2v) is 4.55. The molecule has 0 aromatic carbocycles. The van der Waals surface area contributed by atoms with Gasteiger partial charge in [0.2, 0.25) is 0 Å². The maximum atomic E-state index is 5.68. The van der Waals surface area contributed by atoms with Crippen molar-refractivity contribution < 1.29 is 0 Å². The summed E-state index contributed by atoms with van der Waals surface area (Å²) in [6.45, 7) is 5.63. The van der Waals surface area contributed by atoms with Crippen molar-refractivity contribution in [3.8, 4) is 0 Å². The fraction of sp³-hybridized carbons (Fsp3) is 0.889. The fourth-order valence-corrected chi connectivity index (χ4v) is 2.75. The highest BCUT2D eigenvalue weighted by molar-refractivity contribution is 7.80. The molecule has 2 rings (SSSR count). The molecule has 2 N–H and O–H groups in total. The molecular weight excluding hydrogens is 182 g/mol. The van der Waals surface area contributed by atoms with Gasteiger partial charge < -0.3 is 10.6 Å². The van der Waals surface area contributed by atoms with Crippen LogP contribution in [-0.4, -0.2) is 46.6 Å². The molecule has 13 heavy (non-hydrogen) atoms. The Kier molecular flexibility index (Phi) is 2.43. The zero-order valence-electron chi connectivity index (χ0n) is 8.07. The SMILES string of the molecule is CC1CN2CCCC2CN1C(N)=S. The van der Waals surface area contributed by atoms with Gasteiger partial charge >= 0.3 is 0 Å². The van der Waals surface area contributed by atoms with Crippen LogP contribution >= 0.6 is 12.2 Å². The quantitative estimate of drug-likeness (QED) is 0.572. The molecule has 0 bridgehead atoms. The van der Waals surface area contributed by atoms with Crippen molar-refractivity contribution in [2.75, 3.05) is 19.6 Å². The van der Waals surface area contributed by atoms with Crippen LogP contribution in [0.25, 0.3) is 0 Å². The second-order valence-electron chi connectivity index (χ2n) is 4.13. The molecule has 2 fully saturated rings. The maximum Gasteiger partial charge on any atom is 0.166 e. The van der Waals surface area contributed by atoms with Gasteiger partial charge in [-0.05, 0) is 38.5 Å². The summed E-state index contributed by atoms with van der Waals surface area (Å²) in [7, 11) is 0. The summed E-state index contributed by atoms with van der Waals surface area (Å²) in [6.07, 6.45) is 2.65. The second kappa shape index (κ2) is 3.42. The van der Waals surface area contributed by atoms with Crippen LogP contribution in [0.4, 0.5) is 0 Å². The highest BCUT2D eigenvalue weighted by atomic mass is 32.1. The van der Waals surface area contributed by atoms with E-state index in [1.54, 1.807) is 0 Å². The minimum atomic E-state index is 0.492. The number of hydrogen-bond donors (Lipinski definition) is 1. The van der Waals surface area contributed by atoms with E-state index in [1.807, 2.05) is 0 Å². The van der Waals surface area contributed by atoms with E-state index in [4.69, 9.17) is 18.0 Å². The van der Waals surface area contributed by atoms with Gasteiger partial charge in [0.15, 0.2) is 5.11 Å². The summed E-state index contributed by atoms with van der Waals surface area (Å²) in [5.41, 5.74) is 5.68. The fourth-order valence-electron chi connectivity index (χ4n) is 2.49. The van der Waals surface area contributed by atoms with Crippen molar-refractivity contribution in [1.29, 1.82) is 0 Å². The van der Waals surface area contributed by atoms with Gasteiger partial charge in [0, 0.05) is 25.2 Å². The lowest BCUT2D eigenvalue weighted by Gasteiger charge is -2.42. The van der Waals surface area contributed by atoms with E-state index in [1.165, 1.54) is 19.4 Å². The molecule has 0 aliphatic carbocycles. The minimum absolute atomic E-state index is 0.492. The third kappa shape index (κ3) is 1.65.